The minimum Gasteiger partial charge on any atom is -0.351 e. The molecule has 1 fully saturated rings. The zero-order valence-corrected chi connectivity index (χ0v) is 17.3. The summed E-state index contributed by atoms with van der Waals surface area (Å²) in [5.74, 6) is -1.25. The fraction of sp³-hybridized carbons (Fsp3) is 0.318. The van der Waals surface area contributed by atoms with Gasteiger partial charge in [-0.1, -0.05) is 17.7 Å². The Balaban J connectivity index is 1.87. The summed E-state index contributed by atoms with van der Waals surface area (Å²) in [5, 5.41) is 5.34. The molecule has 0 bridgehead atoms. The number of rotatable bonds is 5. The molecule has 31 heavy (non-hydrogen) atoms. The van der Waals surface area contributed by atoms with E-state index in [0.717, 1.165) is 5.56 Å². The van der Waals surface area contributed by atoms with Crippen molar-refractivity contribution in [2.75, 3.05) is 31.5 Å². The smallest absolute Gasteiger partial charge is 0.323 e. The quantitative estimate of drug-likeness (QED) is 0.677. The number of nitrogens with zero attached hydrogens (tertiary/aromatic N) is 2. The first kappa shape index (κ1) is 22.2. The largest absolute Gasteiger partial charge is 0.351 e. The molecular formula is C22H26FN5O3. The van der Waals surface area contributed by atoms with Crippen LogP contribution in [0.5, 0.6) is 0 Å². The van der Waals surface area contributed by atoms with Crippen molar-refractivity contribution in [1.82, 2.24) is 15.1 Å². The molecule has 2 aromatic carbocycles. The summed E-state index contributed by atoms with van der Waals surface area (Å²) in [6.45, 7) is 2.93. The van der Waals surface area contributed by atoms with Crippen molar-refractivity contribution in [2.24, 2.45) is 5.73 Å². The third-order valence-corrected chi connectivity index (χ3v) is 4.95. The molecule has 0 aromatic heterocycles. The standard InChI is InChI=1S/C22H26FN5O3/c1-15-4-2-5-16(14-15)21(30)27-12-3-13-28(20(27)19(29)25-11-10-24)22(31)26-18-8-6-17(23)7-9-18/h2,4-9,14,20H,3,10-13,24H2,1H3,(H,25,29)(H,26,31). The number of anilines is 1. The van der Waals surface area contributed by atoms with E-state index in [1.54, 1.807) is 18.2 Å². The Morgan fingerprint density at radius 2 is 1.81 bits per heavy atom. The number of urea groups is 1. The number of hydrogen-bond donors (Lipinski definition) is 3. The molecule has 9 heteroatoms. The van der Waals surface area contributed by atoms with Crippen molar-refractivity contribution in [1.29, 1.82) is 0 Å². The number of carbonyl (C=O) groups excluding carboxylic acids is 3. The lowest BCUT2D eigenvalue weighted by Crippen LogP contribution is -2.64. The van der Waals surface area contributed by atoms with Crippen molar-refractivity contribution < 1.29 is 18.8 Å². The molecule has 0 radical (unpaired) electrons. The van der Waals surface area contributed by atoms with Crippen molar-refractivity contribution in [3.63, 3.8) is 0 Å². The average Bonchev–Trinajstić information content (AvgIpc) is 2.78. The topological polar surface area (TPSA) is 108 Å². The molecular weight excluding hydrogens is 401 g/mol. The van der Waals surface area contributed by atoms with Crippen LogP contribution in [0, 0.1) is 12.7 Å². The van der Waals surface area contributed by atoms with Gasteiger partial charge in [-0.3, -0.25) is 14.5 Å². The van der Waals surface area contributed by atoms with Gasteiger partial charge in [0.05, 0.1) is 0 Å². The summed E-state index contributed by atoms with van der Waals surface area (Å²) in [6, 6.07) is 11.8. The molecule has 0 aliphatic carbocycles. The Bertz CT molecular complexity index is 950. The van der Waals surface area contributed by atoms with Crippen LogP contribution >= 0.6 is 0 Å². The minimum atomic E-state index is -1.13. The molecule has 8 nitrogen and oxygen atoms in total. The van der Waals surface area contributed by atoms with Crippen LogP contribution in [0.15, 0.2) is 48.5 Å². The number of amides is 4. The van der Waals surface area contributed by atoms with E-state index in [-0.39, 0.29) is 25.5 Å². The monoisotopic (exact) mass is 427 g/mol. The zero-order chi connectivity index (χ0) is 22.4. The molecule has 4 N–H and O–H groups in total. The second-order valence-electron chi connectivity index (χ2n) is 7.31. The second kappa shape index (κ2) is 10.0. The lowest BCUT2D eigenvalue weighted by atomic mass is 10.1. The van der Waals surface area contributed by atoms with E-state index in [9.17, 15) is 18.8 Å². The van der Waals surface area contributed by atoms with E-state index in [2.05, 4.69) is 10.6 Å². The molecule has 2 aromatic rings. The van der Waals surface area contributed by atoms with Crippen LogP contribution in [0.4, 0.5) is 14.9 Å². The van der Waals surface area contributed by atoms with Crippen LogP contribution in [-0.4, -0.2) is 60.0 Å². The fourth-order valence-corrected chi connectivity index (χ4v) is 3.49. The van der Waals surface area contributed by atoms with Crippen LogP contribution in [0.1, 0.15) is 22.3 Å². The first-order valence-electron chi connectivity index (χ1n) is 10.1. The van der Waals surface area contributed by atoms with Gasteiger partial charge in [0.25, 0.3) is 11.8 Å². The molecule has 0 spiro atoms. The van der Waals surface area contributed by atoms with Crippen LogP contribution in [0.25, 0.3) is 0 Å². The summed E-state index contributed by atoms with van der Waals surface area (Å²) < 4.78 is 13.2. The van der Waals surface area contributed by atoms with Gasteiger partial charge in [-0.2, -0.15) is 0 Å². The van der Waals surface area contributed by atoms with Gasteiger partial charge in [-0.15, -0.1) is 0 Å². The molecule has 1 saturated heterocycles. The molecule has 164 valence electrons. The fourth-order valence-electron chi connectivity index (χ4n) is 3.49. The maximum absolute atomic E-state index is 13.2. The van der Waals surface area contributed by atoms with Crippen LogP contribution in [-0.2, 0) is 4.79 Å². The predicted octanol–water partition coefficient (Wildman–Crippen LogP) is 1.92. The molecule has 1 aliphatic heterocycles. The van der Waals surface area contributed by atoms with Gasteiger partial charge in [0.2, 0.25) is 0 Å². The van der Waals surface area contributed by atoms with E-state index >= 15 is 0 Å². The molecule has 1 unspecified atom stereocenters. The summed E-state index contributed by atoms with van der Waals surface area (Å²) in [5.41, 5.74) is 7.24. The van der Waals surface area contributed by atoms with Crippen molar-refractivity contribution in [3.8, 4) is 0 Å². The third-order valence-electron chi connectivity index (χ3n) is 4.95. The number of nitrogens with one attached hydrogen (secondary N) is 2. The van der Waals surface area contributed by atoms with Crippen LogP contribution < -0.4 is 16.4 Å². The zero-order valence-electron chi connectivity index (χ0n) is 17.3. The predicted molar refractivity (Wildman–Crippen MR) is 115 cm³/mol. The number of nitrogens with two attached hydrogens (primary N) is 1. The summed E-state index contributed by atoms with van der Waals surface area (Å²) in [6.07, 6.45) is -0.622. The number of halogens is 1. The molecule has 3 rings (SSSR count). The lowest BCUT2D eigenvalue weighted by molar-refractivity contribution is -0.132. The van der Waals surface area contributed by atoms with Gasteiger partial charge in [-0.05, 0) is 49.7 Å². The summed E-state index contributed by atoms with van der Waals surface area (Å²) in [7, 11) is 0. The van der Waals surface area contributed by atoms with Crippen molar-refractivity contribution >= 4 is 23.5 Å². The Morgan fingerprint density at radius 3 is 2.48 bits per heavy atom. The van der Waals surface area contributed by atoms with Gasteiger partial charge in [0, 0.05) is 37.4 Å². The molecule has 1 aliphatic rings. The highest BCUT2D eigenvalue weighted by atomic mass is 19.1. The highest BCUT2D eigenvalue weighted by Crippen LogP contribution is 2.20. The Hall–Kier alpha value is -3.46. The van der Waals surface area contributed by atoms with Crippen LogP contribution in [0.2, 0.25) is 0 Å². The second-order valence-corrected chi connectivity index (χ2v) is 7.31. The average molecular weight is 427 g/mol. The highest BCUT2D eigenvalue weighted by Gasteiger charge is 2.40. The maximum Gasteiger partial charge on any atom is 0.323 e. The summed E-state index contributed by atoms with van der Waals surface area (Å²) >= 11 is 0. The SMILES string of the molecule is Cc1cccc(C(=O)N2CCCN(C(=O)Nc3ccc(F)cc3)C2C(=O)NCCN)c1. The van der Waals surface area contributed by atoms with E-state index in [4.69, 9.17) is 5.73 Å². The van der Waals surface area contributed by atoms with Gasteiger partial charge in [0.1, 0.15) is 5.82 Å². The number of carbonyl (C=O) groups is 3. The Labute approximate surface area is 180 Å². The highest BCUT2D eigenvalue weighted by molar-refractivity contribution is 6.00. The van der Waals surface area contributed by atoms with E-state index in [0.29, 0.717) is 24.2 Å². The first-order chi connectivity index (χ1) is 14.9. The Kier molecular flexibility index (Phi) is 7.19. The number of aryl methyl sites for hydroxylation is 1. The lowest BCUT2D eigenvalue weighted by Gasteiger charge is -2.42. The third kappa shape index (κ3) is 5.37. The van der Waals surface area contributed by atoms with Gasteiger partial charge in [0.15, 0.2) is 6.17 Å². The Morgan fingerprint density at radius 1 is 1.10 bits per heavy atom. The van der Waals surface area contributed by atoms with E-state index in [1.165, 1.54) is 34.1 Å². The molecule has 1 heterocycles. The van der Waals surface area contributed by atoms with Crippen molar-refractivity contribution in [3.05, 3.63) is 65.5 Å². The molecule has 1 atom stereocenters. The minimum absolute atomic E-state index is 0.217. The van der Waals surface area contributed by atoms with Gasteiger partial charge >= 0.3 is 6.03 Å². The van der Waals surface area contributed by atoms with Crippen molar-refractivity contribution in [2.45, 2.75) is 19.5 Å². The first-order valence-corrected chi connectivity index (χ1v) is 10.1. The molecule has 0 saturated carbocycles. The van der Waals surface area contributed by atoms with Gasteiger partial charge in [-0.25, -0.2) is 9.18 Å². The number of benzene rings is 2. The summed E-state index contributed by atoms with van der Waals surface area (Å²) in [4.78, 5) is 41.9. The normalized spacial score (nSPS) is 16.0. The van der Waals surface area contributed by atoms with E-state index < -0.39 is 23.9 Å². The number of hydrogen-bond acceptors (Lipinski definition) is 4. The van der Waals surface area contributed by atoms with E-state index in [1.807, 2.05) is 13.0 Å². The molecule has 4 amide bonds. The van der Waals surface area contributed by atoms with Crippen LogP contribution in [0.3, 0.4) is 0 Å². The van der Waals surface area contributed by atoms with Gasteiger partial charge < -0.3 is 21.3 Å². The maximum atomic E-state index is 13.2.